The van der Waals surface area contributed by atoms with Gasteiger partial charge in [0.15, 0.2) is 17.5 Å². The van der Waals surface area contributed by atoms with Gasteiger partial charge >= 0.3 is 5.97 Å². The maximum atomic E-state index is 13.6. The Morgan fingerprint density at radius 2 is 1.68 bits per heavy atom. The summed E-state index contributed by atoms with van der Waals surface area (Å²) in [6.07, 6.45) is 4.09. The van der Waals surface area contributed by atoms with Crippen molar-refractivity contribution in [2.45, 2.75) is 6.42 Å². The molecule has 0 aliphatic heterocycles. The number of benzene rings is 1. The number of carboxylic acids is 1. The van der Waals surface area contributed by atoms with E-state index >= 15 is 0 Å². The van der Waals surface area contributed by atoms with Crippen molar-refractivity contribution < 1.29 is 27.9 Å². The fourth-order valence-corrected chi connectivity index (χ4v) is 3.35. The third-order valence-electron chi connectivity index (χ3n) is 4.34. The van der Waals surface area contributed by atoms with Crippen LogP contribution in [0, 0.1) is 41.1 Å². The lowest BCUT2D eigenvalue weighted by atomic mass is 9.82. The van der Waals surface area contributed by atoms with E-state index in [4.69, 9.17) is 0 Å². The molecule has 7 heteroatoms. The Morgan fingerprint density at radius 1 is 1.05 bits per heavy atom. The lowest BCUT2D eigenvalue weighted by molar-refractivity contribution is -0.146. The molecule has 0 spiro atoms. The number of carbonyl (C=O) groups is 2. The number of amides is 1. The van der Waals surface area contributed by atoms with E-state index in [-0.39, 0.29) is 11.8 Å². The quantitative estimate of drug-likeness (QED) is 0.666. The molecular weight excluding hydrogens is 299 g/mol. The summed E-state index contributed by atoms with van der Waals surface area (Å²) in [6, 6.07) is 1.61. The zero-order chi connectivity index (χ0) is 16.0. The molecule has 4 nitrogen and oxygen atoms in total. The third-order valence-corrected chi connectivity index (χ3v) is 4.34. The molecule has 1 aromatic carbocycles. The van der Waals surface area contributed by atoms with Gasteiger partial charge < -0.3 is 10.4 Å². The van der Waals surface area contributed by atoms with Crippen molar-refractivity contribution in [3.63, 3.8) is 0 Å². The maximum absolute atomic E-state index is 13.6. The number of aliphatic carboxylic acids is 1. The fourth-order valence-electron chi connectivity index (χ4n) is 3.35. The molecule has 1 fully saturated rings. The summed E-state index contributed by atoms with van der Waals surface area (Å²) >= 11 is 0. The van der Waals surface area contributed by atoms with Crippen molar-refractivity contribution in [1.82, 2.24) is 0 Å². The number of hydrogen-bond donors (Lipinski definition) is 2. The number of rotatable bonds is 3. The molecule has 1 amide bonds. The largest absolute Gasteiger partial charge is 0.481 e. The number of halogens is 3. The van der Waals surface area contributed by atoms with Gasteiger partial charge in [-0.1, -0.05) is 12.2 Å². The zero-order valence-electron chi connectivity index (χ0n) is 11.2. The first kappa shape index (κ1) is 14.6. The molecule has 0 aromatic heterocycles. The van der Waals surface area contributed by atoms with Gasteiger partial charge in [0.05, 0.1) is 17.5 Å². The molecule has 22 heavy (non-hydrogen) atoms. The third kappa shape index (κ3) is 2.17. The van der Waals surface area contributed by atoms with Crippen LogP contribution in [-0.4, -0.2) is 17.0 Å². The first-order valence-electron chi connectivity index (χ1n) is 6.75. The van der Waals surface area contributed by atoms with Crippen LogP contribution < -0.4 is 5.32 Å². The van der Waals surface area contributed by atoms with Crippen LogP contribution in [0.3, 0.4) is 0 Å². The maximum Gasteiger partial charge on any atom is 0.307 e. The van der Waals surface area contributed by atoms with Crippen LogP contribution in [0.5, 0.6) is 0 Å². The Kier molecular flexibility index (Phi) is 3.42. The molecule has 1 saturated carbocycles. The number of anilines is 1. The molecule has 1 aromatic rings. The van der Waals surface area contributed by atoms with Gasteiger partial charge in [-0.3, -0.25) is 9.59 Å². The standard InChI is InChI=1S/C15H12F3NO3/c16-8-3-4-9(13(18)12(8)17)19-14(20)10-6-1-2-7(5-6)11(10)15(21)22/h1-4,6-7,10-11H,5H2,(H,19,20)(H,21,22)/t6-,7+,10+,11+/m0/s1. The number of carbonyl (C=O) groups excluding carboxylic acids is 1. The fraction of sp³-hybridized carbons (Fsp3) is 0.333. The van der Waals surface area contributed by atoms with E-state index in [2.05, 4.69) is 5.32 Å². The summed E-state index contributed by atoms with van der Waals surface area (Å²) in [4.78, 5) is 23.6. The second-order valence-electron chi connectivity index (χ2n) is 5.55. The highest BCUT2D eigenvalue weighted by molar-refractivity contribution is 5.96. The SMILES string of the molecule is O=C(O)[C@H]1[C@H](C(=O)Nc2ccc(F)c(F)c2F)[C@H]2C=C[C@@H]1C2. The molecule has 0 unspecified atom stereocenters. The topological polar surface area (TPSA) is 66.4 Å². The summed E-state index contributed by atoms with van der Waals surface area (Å²) < 4.78 is 39.6. The number of allylic oxidation sites excluding steroid dienone is 2. The molecule has 4 atom stereocenters. The van der Waals surface area contributed by atoms with Crippen LogP contribution in [-0.2, 0) is 9.59 Å². The molecular formula is C15H12F3NO3. The average Bonchev–Trinajstić information content (AvgIpc) is 3.08. The average molecular weight is 311 g/mol. The lowest BCUT2D eigenvalue weighted by Gasteiger charge is -2.24. The Hall–Kier alpha value is -2.31. The highest BCUT2D eigenvalue weighted by Gasteiger charge is 2.51. The van der Waals surface area contributed by atoms with Crippen molar-refractivity contribution in [2.24, 2.45) is 23.7 Å². The van der Waals surface area contributed by atoms with Gasteiger partial charge in [0, 0.05) is 0 Å². The van der Waals surface area contributed by atoms with E-state index in [0.717, 1.165) is 6.07 Å². The minimum absolute atomic E-state index is 0.229. The van der Waals surface area contributed by atoms with E-state index in [1.54, 1.807) is 12.2 Å². The first-order valence-corrected chi connectivity index (χ1v) is 6.75. The van der Waals surface area contributed by atoms with Gasteiger partial charge in [0.1, 0.15) is 0 Å². The van der Waals surface area contributed by atoms with Crippen molar-refractivity contribution >= 4 is 17.6 Å². The zero-order valence-corrected chi connectivity index (χ0v) is 11.2. The van der Waals surface area contributed by atoms with Gasteiger partial charge in [-0.2, -0.15) is 0 Å². The minimum atomic E-state index is -1.68. The van der Waals surface area contributed by atoms with Gasteiger partial charge in [-0.25, -0.2) is 13.2 Å². The van der Waals surface area contributed by atoms with Crippen LogP contribution in [0.25, 0.3) is 0 Å². The molecule has 2 aliphatic carbocycles. The van der Waals surface area contributed by atoms with Crippen molar-refractivity contribution in [3.8, 4) is 0 Å². The van der Waals surface area contributed by atoms with Crippen molar-refractivity contribution in [2.75, 3.05) is 5.32 Å². The Morgan fingerprint density at radius 3 is 2.32 bits per heavy atom. The predicted octanol–water partition coefficient (Wildman–Crippen LogP) is 2.57. The number of fused-ring (bicyclic) bond motifs is 2. The molecule has 2 aliphatic rings. The van der Waals surface area contributed by atoms with E-state index in [9.17, 15) is 27.9 Å². The number of nitrogens with one attached hydrogen (secondary N) is 1. The van der Waals surface area contributed by atoms with E-state index in [1.807, 2.05) is 0 Å². The molecule has 0 heterocycles. The van der Waals surface area contributed by atoms with Gasteiger partial charge in [0.2, 0.25) is 5.91 Å². The predicted molar refractivity (Wildman–Crippen MR) is 70.3 cm³/mol. The van der Waals surface area contributed by atoms with Gasteiger partial charge in [0.25, 0.3) is 0 Å². The van der Waals surface area contributed by atoms with E-state index in [1.165, 1.54) is 0 Å². The Labute approximate surface area is 123 Å². The summed E-state index contributed by atoms with van der Waals surface area (Å²) in [6.45, 7) is 0. The molecule has 3 rings (SSSR count). The van der Waals surface area contributed by atoms with Crippen molar-refractivity contribution in [3.05, 3.63) is 41.7 Å². The smallest absolute Gasteiger partial charge is 0.307 e. The van der Waals surface area contributed by atoms with Crippen molar-refractivity contribution in [1.29, 1.82) is 0 Å². The summed E-state index contributed by atoms with van der Waals surface area (Å²) in [5.74, 6) is -8.53. The van der Waals surface area contributed by atoms with Crippen LogP contribution in [0.15, 0.2) is 24.3 Å². The summed E-state index contributed by atoms with van der Waals surface area (Å²) in [7, 11) is 0. The molecule has 2 bridgehead atoms. The second-order valence-corrected chi connectivity index (χ2v) is 5.55. The van der Waals surface area contributed by atoms with E-state index < -0.39 is 46.9 Å². The lowest BCUT2D eigenvalue weighted by Crippen LogP contribution is -2.36. The summed E-state index contributed by atoms with van der Waals surface area (Å²) in [5, 5.41) is 11.4. The Bertz CT molecular complexity index is 689. The minimum Gasteiger partial charge on any atom is -0.481 e. The monoisotopic (exact) mass is 311 g/mol. The van der Waals surface area contributed by atoms with Crippen LogP contribution in [0.1, 0.15) is 6.42 Å². The van der Waals surface area contributed by atoms with Crippen LogP contribution >= 0.6 is 0 Å². The number of hydrogen-bond acceptors (Lipinski definition) is 2. The first-order chi connectivity index (χ1) is 10.4. The number of carboxylic acid groups (broad SMARTS) is 1. The highest BCUT2D eigenvalue weighted by atomic mass is 19.2. The Balaban J connectivity index is 1.85. The molecule has 2 N–H and O–H groups in total. The van der Waals surface area contributed by atoms with Crippen LogP contribution in [0.4, 0.5) is 18.9 Å². The molecule has 0 saturated heterocycles. The van der Waals surface area contributed by atoms with Gasteiger partial charge in [-0.15, -0.1) is 0 Å². The van der Waals surface area contributed by atoms with Crippen LogP contribution in [0.2, 0.25) is 0 Å². The highest BCUT2D eigenvalue weighted by Crippen LogP contribution is 2.48. The normalized spacial score (nSPS) is 28.9. The molecule has 116 valence electrons. The summed E-state index contributed by atoms with van der Waals surface area (Å²) in [5.41, 5.74) is -0.500. The molecule has 0 radical (unpaired) electrons. The van der Waals surface area contributed by atoms with Gasteiger partial charge in [-0.05, 0) is 30.4 Å². The second kappa shape index (κ2) is 5.15. The van der Waals surface area contributed by atoms with E-state index in [0.29, 0.717) is 12.5 Å².